The standard InChI is InChI=1S/C33H20N2O9/c1-43-32(41)17-3-9-21(10-4-17)34-28(37)23-13-7-19(15-25(23)30(34)39)27(36)20-8-14-24-26(16-20)31(40)35(29(24)38)22-11-5-18(6-12-22)33(42)44-2/h3-16H,1-2H3. The third-order valence-corrected chi connectivity index (χ3v) is 7.39. The molecule has 0 aliphatic carbocycles. The van der Waals surface area contributed by atoms with Gasteiger partial charge in [0, 0.05) is 11.1 Å². The monoisotopic (exact) mass is 588 g/mol. The molecule has 4 aromatic carbocycles. The number of fused-ring (bicyclic) bond motifs is 2. The maximum atomic E-state index is 13.5. The lowest BCUT2D eigenvalue weighted by molar-refractivity contribution is 0.0592. The first kappa shape index (κ1) is 27.9. The van der Waals surface area contributed by atoms with Crippen LogP contribution in [-0.2, 0) is 9.47 Å². The highest BCUT2D eigenvalue weighted by molar-refractivity contribution is 6.36. The molecule has 0 saturated carbocycles. The molecule has 216 valence electrons. The maximum Gasteiger partial charge on any atom is 0.337 e. The predicted octanol–water partition coefficient (Wildman–Crippen LogP) is 4.09. The first-order valence-electron chi connectivity index (χ1n) is 13.1. The number of rotatable bonds is 6. The van der Waals surface area contributed by atoms with Crippen LogP contribution < -0.4 is 9.80 Å². The van der Waals surface area contributed by atoms with E-state index < -0.39 is 41.4 Å². The van der Waals surface area contributed by atoms with E-state index in [0.717, 1.165) is 9.80 Å². The number of ether oxygens (including phenoxy) is 2. The topological polar surface area (TPSA) is 144 Å². The number of nitrogens with zero attached hydrogens (tertiary/aromatic N) is 2. The Morgan fingerprint density at radius 1 is 0.455 bits per heavy atom. The Bertz CT molecular complexity index is 1820. The van der Waals surface area contributed by atoms with Crippen LogP contribution in [0.3, 0.4) is 0 Å². The van der Waals surface area contributed by atoms with E-state index in [-0.39, 0.29) is 55.9 Å². The molecule has 0 N–H and O–H groups in total. The van der Waals surface area contributed by atoms with Crippen molar-refractivity contribution in [2.24, 2.45) is 0 Å². The van der Waals surface area contributed by atoms with Gasteiger partial charge in [-0.05, 0) is 72.8 Å². The molecule has 2 aliphatic heterocycles. The Balaban J connectivity index is 1.26. The number of carbonyl (C=O) groups excluding carboxylic acids is 7. The van der Waals surface area contributed by atoms with Gasteiger partial charge in [-0.15, -0.1) is 0 Å². The molecule has 6 rings (SSSR count). The van der Waals surface area contributed by atoms with Crippen molar-refractivity contribution in [1.82, 2.24) is 0 Å². The van der Waals surface area contributed by atoms with Gasteiger partial charge in [0.2, 0.25) is 0 Å². The molecule has 11 heteroatoms. The average Bonchev–Trinajstić information content (AvgIpc) is 3.46. The maximum absolute atomic E-state index is 13.5. The van der Waals surface area contributed by atoms with Gasteiger partial charge in [0.1, 0.15) is 0 Å². The van der Waals surface area contributed by atoms with Crippen molar-refractivity contribution in [2.75, 3.05) is 24.0 Å². The Morgan fingerprint density at radius 3 is 1.11 bits per heavy atom. The fraction of sp³-hybridized carbons (Fsp3) is 0.0606. The number of imide groups is 2. The summed E-state index contributed by atoms with van der Waals surface area (Å²) < 4.78 is 9.34. The number of benzene rings is 4. The summed E-state index contributed by atoms with van der Waals surface area (Å²) in [5.41, 5.74) is 1.41. The molecule has 2 aliphatic rings. The van der Waals surface area contributed by atoms with Crippen LogP contribution >= 0.6 is 0 Å². The van der Waals surface area contributed by atoms with E-state index in [2.05, 4.69) is 9.47 Å². The Kier molecular flexibility index (Phi) is 6.70. The van der Waals surface area contributed by atoms with E-state index in [1.54, 1.807) is 0 Å². The Hall–Kier alpha value is -6.23. The zero-order valence-electron chi connectivity index (χ0n) is 23.2. The quantitative estimate of drug-likeness (QED) is 0.185. The minimum Gasteiger partial charge on any atom is -0.465 e. The smallest absolute Gasteiger partial charge is 0.337 e. The number of hydrogen-bond acceptors (Lipinski definition) is 9. The summed E-state index contributed by atoms with van der Waals surface area (Å²) in [6.07, 6.45) is 0. The number of methoxy groups -OCH3 is 2. The van der Waals surface area contributed by atoms with Gasteiger partial charge in [0.15, 0.2) is 5.78 Å². The molecule has 0 saturated heterocycles. The van der Waals surface area contributed by atoms with Crippen molar-refractivity contribution in [1.29, 1.82) is 0 Å². The molecular weight excluding hydrogens is 568 g/mol. The summed E-state index contributed by atoms with van der Waals surface area (Å²) in [5.74, 6) is -4.13. The summed E-state index contributed by atoms with van der Waals surface area (Å²) in [6.45, 7) is 0. The van der Waals surface area contributed by atoms with Crippen molar-refractivity contribution in [3.05, 3.63) is 129 Å². The van der Waals surface area contributed by atoms with Gasteiger partial charge in [-0.1, -0.05) is 12.1 Å². The molecule has 0 atom stereocenters. The average molecular weight is 589 g/mol. The highest BCUT2D eigenvalue weighted by Gasteiger charge is 2.39. The molecule has 2 heterocycles. The van der Waals surface area contributed by atoms with E-state index in [4.69, 9.17) is 0 Å². The molecule has 44 heavy (non-hydrogen) atoms. The summed E-state index contributed by atoms with van der Waals surface area (Å²) in [6, 6.07) is 19.7. The van der Waals surface area contributed by atoms with Crippen molar-refractivity contribution < 1.29 is 43.0 Å². The number of anilines is 2. The van der Waals surface area contributed by atoms with Gasteiger partial charge in [-0.2, -0.15) is 0 Å². The zero-order valence-corrected chi connectivity index (χ0v) is 23.2. The van der Waals surface area contributed by atoms with E-state index >= 15 is 0 Å². The van der Waals surface area contributed by atoms with Crippen LogP contribution in [0.25, 0.3) is 0 Å². The van der Waals surface area contributed by atoms with Crippen LogP contribution in [0.4, 0.5) is 11.4 Å². The third-order valence-electron chi connectivity index (χ3n) is 7.39. The van der Waals surface area contributed by atoms with Gasteiger partial charge < -0.3 is 9.47 Å². The highest BCUT2D eigenvalue weighted by atomic mass is 16.5. The van der Waals surface area contributed by atoms with Crippen molar-refractivity contribution in [3.63, 3.8) is 0 Å². The zero-order chi connectivity index (χ0) is 31.3. The number of esters is 2. The van der Waals surface area contributed by atoms with E-state index in [1.807, 2.05) is 0 Å². The lowest BCUT2D eigenvalue weighted by Crippen LogP contribution is -2.29. The van der Waals surface area contributed by atoms with E-state index in [0.29, 0.717) is 0 Å². The fourth-order valence-corrected chi connectivity index (χ4v) is 5.13. The number of amides is 4. The summed E-state index contributed by atoms with van der Waals surface area (Å²) in [7, 11) is 2.48. The number of hydrogen-bond donors (Lipinski definition) is 0. The van der Waals surface area contributed by atoms with Crippen LogP contribution in [0.5, 0.6) is 0 Å². The molecule has 4 amide bonds. The molecule has 0 unspecified atom stereocenters. The van der Waals surface area contributed by atoms with E-state index in [1.165, 1.54) is 99.1 Å². The van der Waals surface area contributed by atoms with Gasteiger partial charge in [-0.3, -0.25) is 24.0 Å². The minimum atomic E-state index is -0.644. The van der Waals surface area contributed by atoms with Crippen molar-refractivity contribution in [3.8, 4) is 0 Å². The van der Waals surface area contributed by atoms with Crippen LogP contribution in [0, 0.1) is 0 Å². The second-order valence-electron chi connectivity index (χ2n) is 9.82. The molecule has 0 radical (unpaired) electrons. The first-order valence-corrected chi connectivity index (χ1v) is 13.1. The van der Waals surface area contributed by atoms with Crippen LogP contribution in [0.2, 0.25) is 0 Å². The van der Waals surface area contributed by atoms with Crippen LogP contribution in [0.15, 0.2) is 84.9 Å². The van der Waals surface area contributed by atoms with Gasteiger partial charge in [-0.25, -0.2) is 19.4 Å². The normalized spacial score (nSPS) is 13.6. The lowest BCUT2D eigenvalue weighted by Gasteiger charge is -2.14. The largest absolute Gasteiger partial charge is 0.465 e. The molecule has 11 nitrogen and oxygen atoms in total. The van der Waals surface area contributed by atoms with E-state index in [9.17, 15) is 33.6 Å². The minimum absolute atomic E-state index is 0.0203. The van der Waals surface area contributed by atoms with Gasteiger partial charge in [0.25, 0.3) is 23.6 Å². The first-order chi connectivity index (χ1) is 21.1. The lowest BCUT2D eigenvalue weighted by atomic mass is 9.96. The Labute approximate surface area is 249 Å². The van der Waals surface area contributed by atoms with Crippen LogP contribution in [0.1, 0.15) is 78.1 Å². The third kappa shape index (κ3) is 4.34. The Morgan fingerprint density at radius 2 is 0.773 bits per heavy atom. The summed E-state index contributed by atoms with van der Waals surface area (Å²) >= 11 is 0. The fourth-order valence-electron chi connectivity index (χ4n) is 5.13. The van der Waals surface area contributed by atoms with Gasteiger partial charge >= 0.3 is 11.9 Å². The second kappa shape index (κ2) is 10.6. The van der Waals surface area contributed by atoms with Crippen LogP contribution in [-0.4, -0.2) is 55.6 Å². The number of carbonyl (C=O) groups is 7. The molecule has 0 aromatic heterocycles. The highest BCUT2D eigenvalue weighted by Crippen LogP contribution is 2.32. The number of ketones is 1. The summed E-state index contributed by atoms with van der Waals surface area (Å²) in [4.78, 5) is 91.5. The van der Waals surface area contributed by atoms with Gasteiger partial charge in [0.05, 0.1) is 59.0 Å². The predicted molar refractivity (Wildman–Crippen MR) is 154 cm³/mol. The molecule has 0 spiro atoms. The SMILES string of the molecule is COC(=O)c1ccc(N2C(=O)c3ccc(C(=O)c4ccc5c(c4)C(=O)N(c4ccc(C(=O)OC)cc4)C5=O)cc3C2=O)cc1. The molecule has 0 bridgehead atoms. The molecule has 4 aromatic rings. The molecule has 0 fully saturated rings. The van der Waals surface area contributed by atoms with Crippen molar-refractivity contribution in [2.45, 2.75) is 0 Å². The second-order valence-corrected chi connectivity index (χ2v) is 9.82. The summed E-state index contributed by atoms with van der Waals surface area (Å²) in [5, 5.41) is 0. The van der Waals surface area contributed by atoms with Crippen molar-refractivity contribution >= 4 is 52.7 Å². The molecular formula is C33H20N2O9.